The molecule has 76 valence electrons. The first-order chi connectivity index (χ1) is 6.54. The molecular formula is C12H16O2. The van der Waals surface area contributed by atoms with Crippen molar-refractivity contribution in [3.8, 4) is 0 Å². The molecule has 14 heavy (non-hydrogen) atoms. The standard InChI is InChI=1S/C12H16O2/c1-8-9-5-3-4-6-12(9,2)7-10(13)11(8)14/h7,13H,3-6H2,1-2H3. The summed E-state index contributed by atoms with van der Waals surface area (Å²) in [6.45, 7) is 3.96. The van der Waals surface area contributed by atoms with E-state index < -0.39 is 0 Å². The van der Waals surface area contributed by atoms with Crippen LogP contribution in [-0.2, 0) is 4.79 Å². The summed E-state index contributed by atoms with van der Waals surface area (Å²) in [6, 6.07) is 0. The number of aliphatic hydroxyl groups excluding tert-OH is 1. The third-order valence-electron chi connectivity index (χ3n) is 3.54. The van der Waals surface area contributed by atoms with Gasteiger partial charge in [0.1, 0.15) is 0 Å². The Labute approximate surface area is 84.3 Å². The molecule has 0 aromatic rings. The minimum absolute atomic E-state index is 0.0552. The maximum absolute atomic E-state index is 11.5. The Bertz CT molecular complexity index is 349. The maximum atomic E-state index is 11.5. The topological polar surface area (TPSA) is 37.3 Å². The molecule has 2 aliphatic rings. The van der Waals surface area contributed by atoms with Crippen LogP contribution in [0.15, 0.2) is 23.0 Å². The van der Waals surface area contributed by atoms with Crippen LogP contribution in [0.3, 0.4) is 0 Å². The van der Waals surface area contributed by atoms with Gasteiger partial charge in [-0.2, -0.15) is 0 Å². The zero-order chi connectivity index (χ0) is 10.3. The van der Waals surface area contributed by atoms with Crippen molar-refractivity contribution in [2.24, 2.45) is 5.41 Å². The number of aliphatic hydroxyl groups is 1. The predicted octanol–water partition coefficient (Wildman–Crippen LogP) is 2.91. The molecule has 1 N–H and O–H groups in total. The molecule has 2 nitrogen and oxygen atoms in total. The van der Waals surface area contributed by atoms with Crippen molar-refractivity contribution in [2.45, 2.75) is 39.5 Å². The van der Waals surface area contributed by atoms with E-state index in [-0.39, 0.29) is 17.0 Å². The van der Waals surface area contributed by atoms with Gasteiger partial charge < -0.3 is 5.11 Å². The monoisotopic (exact) mass is 192 g/mol. The van der Waals surface area contributed by atoms with E-state index in [2.05, 4.69) is 6.92 Å². The maximum Gasteiger partial charge on any atom is 0.222 e. The van der Waals surface area contributed by atoms with Gasteiger partial charge in [-0.3, -0.25) is 4.79 Å². The van der Waals surface area contributed by atoms with E-state index in [1.807, 2.05) is 6.92 Å². The van der Waals surface area contributed by atoms with Crippen molar-refractivity contribution in [3.63, 3.8) is 0 Å². The van der Waals surface area contributed by atoms with Crippen LogP contribution in [0, 0.1) is 5.41 Å². The van der Waals surface area contributed by atoms with E-state index in [0.717, 1.165) is 18.4 Å². The van der Waals surface area contributed by atoms with E-state index in [1.165, 1.54) is 18.4 Å². The van der Waals surface area contributed by atoms with Crippen molar-refractivity contribution >= 4 is 5.78 Å². The molecule has 0 radical (unpaired) electrons. The van der Waals surface area contributed by atoms with Gasteiger partial charge in [-0.1, -0.05) is 18.9 Å². The van der Waals surface area contributed by atoms with E-state index in [9.17, 15) is 9.90 Å². The Morgan fingerprint density at radius 3 is 2.86 bits per heavy atom. The largest absolute Gasteiger partial charge is 0.504 e. The number of allylic oxidation sites excluding steroid dienone is 3. The number of fused-ring (bicyclic) bond motifs is 1. The average Bonchev–Trinajstić information content (AvgIpc) is 2.14. The molecule has 1 atom stereocenters. The van der Waals surface area contributed by atoms with Crippen LogP contribution >= 0.6 is 0 Å². The molecule has 0 saturated heterocycles. The minimum atomic E-state index is -0.181. The molecule has 0 amide bonds. The Morgan fingerprint density at radius 1 is 1.43 bits per heavy atom. The first-order valence-electron chi connectivity index (χ1n) is 5.21. The molecule has 1 unspecified atom stereocenters. The van der Waals surface area contributed by atoms with Crippen LogP contribution in [0.5, 0.6) is 0 Å². The van der Waals surface area contributed by atoms with Gasteiger partial charge in [-0.05, 0) is 32.3 Å². The normalized spacial score (nSPS) is 32.7. The van der Waals surface area contributed by atoms with Crippen LogP contribution in [0.2, 0.25) is 0 Å². The summed E-state index contributed by atoms with van der Waals surface area (Å²) in [4.78, 5) is 11.5. The fraction of sp³-hybridized carbons (Fsp3) is 0.583. The Balaban J connectivity index is 2.50. The van der Waals surface area contributed by atoms with Gasteiger partial charge >= 0.3 is 0 Å². The average molecular weight is 192 g/mol. The zero-order valence-electron chi connectivity index (χ0n) is 8.76. The lowest BCUT2D eigenvalue weighted by Crippen LogP contribution is -2.29. The Hall–Kier alpha value is -1.05. The minimum Gasteiger partial charge on any atom is -0.504 e. The van der Waals surface area contributed by atoms with E-state index in [4.69, 9.17) is 0 Å². The van der Waals surface area contributed by atoms with Crippen molar-refractivity contribution in [2.75, 3.05) is 0 Å². The fourth-order valence-corrected chi connectivity index (χ4v) is 2.70. The zero-order valence-corrected chi connectivity index (χ0v) is 8.76. The third kappa shape index (κ3) is 1.21. The lowest BCUT2D eigenvalue weighted by molar-refractivity contribution is -0.115. The van der Waals surface area contributed by atoms with Gasteiger partial charge in [-0.15, -0.1) is 0 Å². The van der Waals surface area contributed by atoms with Crippen molar-refractivity contribution in [1.82, 2.24) is 0 Å². The van der Waals surface area contributed by atoms with Crippen molar-refractivity contribution in [3.05, 3.63) is 23.0 Å². The molecule has 0 spiro atoms. The van der Waals surface area contributed by atoms with Crippen LogP contribution in [0.25, 0.3) is 0 Å². The van der Waals surface area contributed by atoms with Gasteiger partial charge in [-0.25, -0.2) is 0 Å². The lowest BCUT2D eigenvalue weighted by atomic mass is 9.67. The predicted molar refractivity (Wildman–Crippen MR) is 55.0 cm³/mol. The van der Waals surface area contributed by atoms with Crippen LogP contribution in [0.1, 0.15) is 39.5 Å². The number of Topliss-reactive ketones (excluding diaryl/α,β-unsaturated/α-hetero) is 1. The molecule has 1 saturated carbocycles. The van der Waals surface area contributed by atoms with Crippen molar-refractivity contribution in [1.29, 1.82) is 0 Å². The van der Waals surface area contributed by atoms with Gasteiger partial charge in [0.05, 0.1) is 0 Å². The molecule has 0 aliphatic heterocycles. The molecule has 0 bridgehead atoms. The molecule has 0 heterocycles. The SMILES string of the molecule is CC1=C2CCCCC2(C)C=C(O)C1=O. The molecular weight excluding hydrogens is 176 g/mol. The third-order valence-corrected chi connectivity index (χ3v) is 3.54. The van der Waals surface area contributed by atoms with Gasteiger partial charge in [0.15, 0.2) is 5.76 Å². The summed E-state index contributed by atoms with van der Waals surface area (Å²) in [6.07, 6.45) is 6.17. The summed E-state index contributed by atoms with van der Waals surface area (Å²) in [7, 11) is 0. The second-order valence-corrected chi connectivity index (χ2v) is 4.59. The van der Waals surface area contributed by atoms with E-state index in [1.54, 1.807) is 6.08 Å². The second kappa shape index (κ2) is 2.97. The number of carbonyl (C=O) groups is 1. The summed E-state index contributed by atoms with van der Waals surface area (Å²) in [5.41, 5.74) is 1.96. The molecule has 2 aliphatic carbocycles. The van der Waals surface area contributed by atoms with Crippen LogP contribution < -0.4 is 0 Å². The van der Waals surface area contributed by atoms with Gasteiger partial charge in [0, 0.05) is 11.0 Å². The highest BCUT2D eigenvalue weighted by Crippen LogP contribution is 2.46. The number of hydrogen-bond donors (Lipinski definition) is 1. The fourth-order valence-electron chi connectivity index (χ4n) is 2.70. The Kier molecular flexibility index (Phi) is 2.02. The van der Waals surface area contributed by atoms with E-state index >= 15 is 0 Å². The molecule has 2 heteroatoms. The highest BCUT2D eigenvalue weighted by atomic mass is 16.3. The number of carbonyl (C=O) groups excluding carboxylic acids is 1. The molecule has 2 rings (SSSR count). The highest BCUT2D eigenvalue weighted by molar-refractivity contribution is 6.08. The van der Waals surface area contributed by atoms with Crippen molar-refractivity contribution < 1.29 is 9.90 Å². The smallest absolute Gasteiger partial charge is 0.222 e. The second-order valence-electron chi connectivity index (χ2n) is 4.59. The summed E-state index contributed by atoms with van der Waals surface area (Å²) in [5, 5.41) is 9.53. The van der Waals surface area contributed by atoms with Gasteiger partial charge in [0.2, 0.25) is 5.78 Å². The highest BCUT2D eigenvalue weighted by Gasteiger charge is 2.37. The lowest BCUT2D eigenvalue weighted by Gasteiger charge is -2.37. The molecule has 1 fully saturated rings. The molecule has 0 aromatic heterocycles. The number of rotatable bonds is 0. The summed E-state index contributed by atoms with van der Waals surface area (Å²) < 4.78 is 0. The van der Waals surface area contributed by atoms with Gasteiger partial charge in [0.25, 0.3) is 0 Å². The first-order valence-corrected chi connectivity index (χ1v) is 5.21. The number of hydrogen-bond acceptors (Lipinski definition) is 2. The summed E-state index contributed by atoms with van der Waals surface area (Å²) in [5.74, 6) is -0.241. The van der Waals surface area contributed by atoms with Crippen LogP contribution in [0.4, 0.5) is 0 Å². The molecule has 0 aromatic carbocycles. The number of ketones is 1. The quantitative estimate of drug-likeness (QED) is 0.640. The Morgan fingerprint density at radius 2 is 2.14 bits per heavy atom. The summed E-state index contributed by atoms with van der Waals surface area (Å²) >= 11 is 0. The van der Waals surface area contributed by atoms with E-state index in [0.29, 0.717) is 0 Å². The first kappa shape index (κ1) is 9.50. The van der Waals surface area contributed by atoms with Crippen LogP contribution in [-0.4, -0.2) is 10.9 Å².